The van der Waals surface area contributed by atoms with Gasteiger partial charge in [0, 0.05) is 12.6 Å². The molecule has 0 radical (unpaired) electrons. The minimum Gasteiger partial charge on any atom is -0.483 e. The van der Waals surface area contributed by atoms with E-state index in [0.717, 1.165) is 24.3 Å². The Kier molecular flexibility index (Phi) is 5.23. The van der Waals surface area contributed by atoms with E-state index in [4.69, 9.17) is 4.74 Å². The molecule has 116 valence electrons. The Morgan fingerprint density at radius 2 is 2.14 bits per heavy atom. The van der Waals surface area contributed by atoms with Crippen LogP contribution >= 0.6 is 0 Å². The van der Waals surface area contributed by atoms with Gasteiger partial charge in [-0.15, -0.1) is 0 Å². The number of para-hydroxylation sites is 1. The third-order valence-corrected chi connectivity index (χ3v) is 3.76. The molecule has 1 fully saturated rings. The van der Waals surface area contributed by atoms with Gasteiger partial charge in [-0.25, -0.2) is 0 Å². The zero-order valence-electron chi connectivity index (χ0n) is 13.2. The Morgan fingerprint density at radius 3 is 2.81 bits per heavy atom. The maximum Gasteiger partial charge on any atom is 0.257 e. The molecule has 0 aromatic heterocycles. The molecule has 1 aromatic carbocycles. The van der Waals surface area contributed by atoms with E-state index in [-0.39, 0.29) is 17.9 Å². The van der Waals surface area contributed by atoms with Crippen molar-refractivity contribution in [2.75, 3.05) is 19.7 Å². The standard InChI is InChI=1S/C17H26N2O2/c1-17(2,3)14-8-4-5-9-15(14)21-12-16(20)19-11-13-7-6-10-18-13/h4-5,8-9,13,18H,6-7,10-12H2,1-3H3,(H,19,20). The lowest BCUT2D eigenvalue weighted by Gasteiger charge is -2.22. The van der Waals surface area contributed by atoms with Gasteiger partial charge in [0.25, 0.3) is 5.91 Å². The summed E-state index contributed by atoms with van der Waals surface area (Å²) in [5.41, 5.74) is 1.12. The second kappa shape index (κ2) is 6.94. The van der Waals surface area contributed by atoms with Gasteiger partial charge in [0.1, 0.15) is 5.75 Å². The van der Waals surface area contributed by atoms with E-state index < -0.39 is 0 Å². The van der Waals surface area contributed by atoms with Crippen molar-refractivity contribution in [3.63, 3.8) is 0 Å². The number of ether oxygens (including phenoxy) is 1. The van der Waals surface area contributed by atoms with Gasteiger partial charge in [-0.1, -0.05) is 39.0 Å². The Labute approximate surface area is 127 Å². The number of carbonyl (C=O) groups excluding carboxylic acids is 1. The van der Waals surface area contributed by atoms with Crippen molar-refractivity contribution in [2.24, 2.45) is 0 Å². The SMILES string of the molecule is CC(C)(C)c1ccccc1OCC(=O)NCC1CCCN1. The quantitative estimate of drug-likeness (QED) is 0.874. The molecule has 4 nitrogen and oxygen atoms in total. The molecule has 21 heavy (non-hydrogen) atoms. The molecular formula is C17H26N2O2. The Bertz CT molecular complexity index is 474. The normalized spacial score (nSPS) is 18.5. The summed E-state index contributed by atoms with van der Waals surface area (Å²) in [4.78, 5) is 11.9. The van der Waals surface area contributed by atoms with E-state index in [1.165, 1.54) is 6.42 Å². The number of benzene rings is 1. The van der Waals surface area contributed by atoms with Crippen LogP contribution in [-0.4, -0.2) is 31.6 Å². The van der Waals surface area contributed by atoms with Crippen LogP contribution in [-0.2, 0) is 10.2 Å². The van der Waals surface area contributed by atoms with Crippen LogP contribution in [0.2, 0.25) is 0 Å². The highest BCUT2D eigenvalue weighted by atomic mass is 16.5. The largest absolute Gasteiger partial charge is 0.483 e. The van der Waals surface area contributed by atoms with E-state index in [1.54, 1.807) is 0 Å². The van der Waals surface area contributed by atoms with Gasteiger partial charge in [0.05, 0.1) is 0 Å². The van der Waals surface area contributed by atoms with Crippen molar-refractivity contribution >= 4 is 5.91 Å². The minimum atomic E-state index is -0.0626. The highest BCUT2D eigenvalue weighted by Gasteiger charge is 2.19. The van der Waals surface area contributed by atoms with Gasteiger partial charge in [0.2, 0.25) is 0 Å². The van der Waals surface area contributed by atoms with Crippen LogP contribution in [0.5, 0.6) is 5.75 Å². The molecule has 0 aliphatic carbocycles. The summed E-state index contributed by atoms with van der Waals surface area (Å²) in [5.74, 6) is 0.728. The van der Waals surface area contributed by atoms with Crippen LogP contribution in [0.4, 0.5) is 0 Å². The Morgan fingerprint density at radius 1 is 1.38 bits per heavy atom. The number of hydrogen-bond acceptors (Lipinski definition) is 3. The third kappa shape index (κ3) is 4.74. The van der Waals surface area contributed by atoms with Gasteiger partial charge < -0.3 is 15.4 Å². The first kappa shape index (κ1) is 15.8. The van der Waals surface area contributed by atoms with Crippen LogP contribution in [0.1, 0.15) is 39.2 Å². The monoisotopic (exact) mass is 290 g/mol. The molecule has 1 saturated heterocycles. The molecule has 1 aliphatic heterocycles. The average molecular weight is 290 g/mol. The lowest BCUT2D eigenvalue weighted by Crippen LogP contribution is -2.39. The third-order valence-electron chi connectivity index (χ3n) is 3.76. The number of nitrogens with one attached hydrogen (secondary N) is 2. The number of carbonyl (C=O) groups is 1. The van der Waals surface area contributed by atoms with E-state index in [0.29, 0.717) is 12.6 Å². The average Bonchev–Trinajstić information content (AvgIpc) is 2.95. The molecule has 4 heteroatoms. The van der Waals surface area contributed by atoms with Crippen molar-refractivity contribution in [3.8, 4) is 5.75 Å². The van der Waals surface area contributed by atoms with Gasteiger partial charge in [-0.2, -0.15) is 0 Å². The van der Waals surface area contributed by atoms with Gasteiger partial charge in [0.15, 0.2) is 6.61 Å². The first-order valence-corrected chi connectivity index (χ1v) is 7.69. The van der Waals surface area contributed by atoms with E-state index in [1.807, 2.05) is 18.2 Å². The molecule has 1 heterocycles. The van der Waals surface area contributed by atoms with Crippen LogP contribution in [0.15, 0.2) is 24.3 Å². The Balaban J connectivity index is 1.83. The molecule has 0 spiro atoms. The lowest BCUT2D eigenvalue weighted by molar-refractivity contribution is -0.123. The van der Waals surface area contributed by atoms with Crippen molar-refractivity contribution in [1.29, 1.82) is 0 Å². The molecule has 1 aliphatic rings. The van der Waals surface area contributed by atoms with Crippen molar-refractivity contribution in [1.82, 2.24) is 10.6 Å². The predicted molar refractivity (Wildman–Crippen MR) is 84.7 cm³/mol. The molecular weight excluding hydrogens is 264 g/mol. The number of hydrogen-bond donors (Lipinski definition) is 2. The maximum atomic E-state index is 11.9. The second-order valence-corrected chi connectivity index (χ2v) is 6.63. The summed E-state index contributed by atoms with van der Waals surface area (Å²) in [6.45, 7) is 8.22. The summed E-state index contributed by atoms with van der Waals surface area (Å²) in [6, 6.07) is 8.32. The van der Waals surface area contributed by atoms with Gasteiger partial charge in [-0.3, -0.25) is 4.79 Å². The predicted octanol–water partition coefficient (Wildman–Crippen LogP) is 2.23. The molecule has 1 aromatic rings. The smallest absolute Gasteiger partial charge is 0.257 e. The number of rotatable bonds is 5. The molecule has 0 saturated carbocycles. The minimum absolute atomic E-state index is 0.000830. The molecule has 2 rings (SSSR count). The van der Waals surface area contributed by atoms with Gasteiger partial charge >= 0.3 is 0 Å². The van der Waals surface area contributed by atoms with Gasteiger partial charge in [-0.05, 0) is 36.4 Å². The topological polar surface area (TPSA) is 50.4 Å². The molecule has 0 bridgehead atoms. The first-order valence-electron chi connectivity index (χ1n) is 7.69. The fourth-order valence-corrected chi connectivity index (χ4v) is 2.57. The van der Waals surface area contributed by atoms with E-state index in [9.17, 15) is 4.79 Å². The summed E-state index contributed by atoms with van der Waals surface area (Å²) >= 11 is 0. The molecule has 2 N–H and O–H groups in total. The zero-order valence-corrected chi connectivity index (χ0v) is 13.2. The van der Waals surface area contributed by atoms with Crippen LogP contribution in [0.25, 0.3) is 0 Å². The molecule has 1 amide bonds. The summed E-state index contributed by atoms with van der Waals surface area (Å²) < 4.78 is 5.71. The highest BCUT2D eigenvalue weighted by Crippen LogP contribution is 2.30. The fourth-order valence-electron chi connectivity index (χ4n) is 2.57. The van der Waals surface area contributed by atoms with Crippen molar-refractivity contribution in [3.05, 3.63) is 29.8 Å². The Hall–Kier alpha value is -1.55. The lowest BCUT2D eigenvalue weighted by atomic mass is 9.86. The molecule has 1 unspecified atom stereocenters. The maximum absolute atomic E-state index is 11.9. The van der Waals surface area contributed by atoms with E-state index in [2.05, 4.69) is 37.5 Å². The van der Waals surface area contributed by atoms with Crippen LogP contribution in [0.3, 0.4) is 0 Å². The zero-order chi connectivity index (χ0) is 15.3. The summed E-state index contributed by atoms with van der Waals surface area (Å²) in [5, 5.41) is 6.29. The van der Waals surface area contributed by atoms with Crippen LogP contribution in [0, 0.1) is 0 Å². The first-order chi connectivity index (χ1) is 9.97. The van der Waals surface area contributed by atoms with Crippen molar-refractivity contribution < 1.29 is 9.53 Å². The second-order valence-electron chi connectivity index (χ2n) is 6.63. The van der Waals surface area contributed by atoms with E-state index >= 15 is 0 Å². The van der Waals surface area contributed by atoms with Crippen molar-refractivity contribution in [2.45, 2.75) is 45.1 Å². The highest BCUT2D eigenvalue weighted by molar-refractivity contribution is 5.77. The number of amides is 1. The fraction of sp³-hybridized carbons (Fsp3) is 0.588. The summed E-state index contributed by atoms with van der Waals surface area (Å²) in [7, 11) is 0. The summed E-state index contributed by atoms with van der Waals surface area (Å²) in [6.07, 6.45) is 2.32. The molecule has 1 atom stereocenters. The van der Waals surface area contributed by atoms with Crippen LogP contribution < -0.4 is 15.4 Å².